The summed E-state index contributed by atoms with van der Waals surface area (Å²) >= 11 is 1.30. The Morgan fingerprint density at radius 2 is 1.77 bits per heavy atom. The van der Waals surface area contributed by atoms with Crippen molar-refractivity contribution in [1.29, 1.82) is 0 Å². The molecule has 3 heterocycles. The number of hydrogen-bond acceptors (Lipinski definition) is 6. The van der Waals surface area contributed by atoms with E-state index in [9.17, 15) is 9.59 Å². The average Bonchev–Trinajstić information content (AvgIpc) is 3.48. The molecule has 0 saturated heterocycles. The lowest BCUT2D eigenvalue weighted by atomic mass is 10.1. The van der Waals surface area contributed by atoms with Crippen molar-refractivity contribution in [3.05, 3.63) is 98.3 Å². The van der Waals surface area contributed by atoms with E-state index in [-0.39, 0.29) is 12.1 Å². The molecule has 0 aliphatic rings. The number of hydrogen-bond donors (Lipinski definition) is 0. The zero-order chi connectivity index (χ0) is 21.4. The number of rotatable bonds is 5. The highest BCUT2D eigenvalue weighted by Crippen LogP contribution is 2.20. The van der Waals surface area contributed by atoms with Gasteiger partial charge in [0.2, 0.25) is 11.7 Å². The van der Waals surface area contributed by atoms with Gasteiger partial charge in [-0.15, -0.1) is 11.3 Å². The molecule has 5 aromatic rings. The molecule has 0 fully saturated rings. The van der Waals surface area contributed by atoms with E-state index in [1.165, 1.54) is 26.0 Å². The molecule has 7 nitrogen and oxygen atoms in total. The Morgan fingerprint density at radius 3 is 2.52 bits per heavy atom. The van der Waals surface area contributed by atoms with Crippen molar-refractivity contribution in [2.45, 2.75) is 19.9 Å². The summed E-state index contributed by atoms with van der Waals surface area (Å²) in [4.78, 5) is 30.7. The molecule has 0 aliphatic heterocycles. The molecule has 0 spiro atoms. The second-order valence-corrected chi connectivity index (χ2v) is 7.96. The summed E-state index contributed by atoms with van der Waals surface area (Å²) in [6, 6.07) is 18.6. The summed E-state index contributed by atoms with van der Waals surface area (Å²) < 4.78 is 8.61. The number of thiophene rings is 1. The Hall–Kier alpha value is -3.78. The van der Waals surface area contributed by atoms with Gasteiger partial charge in [-0.3, -0.25) is 9.36 Å². The zero-order valence-electron chi connectivity index (χ0n) is 16.7. The SMILES string of the molecule is CCc1ccc(-c2noc(Cn3c(=O)n(-c4ccccc4)c(=O)c4sccc43)n2)cc1. The quantitative estimate of drug-likeness (QED) is 0.423. The summed E-state index contributed by atoms with van der Waals surface area (Å²) in [5, 5.41) is 5.86. The monoisotopic (exact) mass is 430 g/mol. The topological polar surface area (TPSA) is 82.9 Å². The fraction of sp³-hybridized carbons (Fsp3) is 0.130. The van der Waals surface area contributed by atoms with Gasteiger partial charge in [0, 0.05) is 5.56 Å². The van der Waals surface area contributed by atoms with Crippen LogP contribution in [0.25, 0.3) is 27.3 Å². The largest absolute Gasteiger partial charge is 0.337 e. The van der Waals surface area contributed by atoms with Crippen molar-refractivity contribution in [2.75, 3.05) is 0 Å². The van der Waals surface area contributed by atoms with Crippen LogP contribution in [0.2, 0.25) is 0 Å². The van der Waals surface area contributed by atoms with Crippen LogP contribution >= 0.6 is 11.3 Å². The zero-order valence-corrected chi connectivity index (χ0v) is 17.5. The van der Waals surface area contributed by atoms with Crippen LogP contribution in [0.4, 0.5) is 0 Å². The second-order valence-electron chi connectivity index (χ2n) is 7.04. The number of fused-ring (bicyclic) bond motifs is 1. The van der Waals surface area contributed by atoms with Gasteiger partial charge in [-0.2, -0.15) is 4.98 Å². The first-order valence-electron chi connectivity index (χ1n) is 9.86. The van der Waals surface area contributed by atoms with Gasteiger partial charge in [0.1, 0.15) is 11.2 Å². The lowest BCUT2D eigenvalue weighted by molar-refractivity contribution is 0.370. The van der Waals surface area contributed by atoms with Gasteiger partial charge < -0.3 is 4.52 Å². The molecule has 0 atom stereocenters. The molecule has 3 aromatic heterocycles. The predicted octanol–water partition coefficient (Wildman–Crippen LogP) is 3.87. The van der Waals surface area contributed by atoms with Crippen LogP contribution in [0.15, 0.2) is 80.2 Å². The van der Waals surface area contributed by atoms with E-state index in [0.717, 1.165) is 12.0 Å². The maximum Gasteiger partial charge on any atom is 0.336 e. The molecule has 0 unspecified atom stereocenters. The summed E-state index contributed by atoms with van der Waals surface area (Å²) in [6.07, 6.45) is 0.953. The molecule has 0 radical (unpaired) electrons. The minimum absolute atomic E-state index is 0.0687. The van der Waals surface area contributed by atoms with E-state index in [0.29, 0.717) is 27.6 Å². The van der Waals surface area contributed by atoms with Gasteiger partial charge in [0.05, 0.1) is 11.2 Å². The van der Waals surface area contributed by atoms with Gasteiger partial charge in [-0.1, -0.05) is 54.5 Å². The maximum absolute atomic E-state index is 13.3. The lowest BCUT2D eigenvalue weighted by Crippen LogP contribution is -2.38. The number of benzene rings is 2. The number of nitrogens with zero attached hydrogens (tertiary/aromatic N) is 4. The summed E-state index contributed by atoms with van der Waals surface area (Å²) in [6.45, 7) is 2.17. The Morgan fingerprint density at radius 1 is 1.00 bits per heavy atom. The molecule has 8 heteroatoms. The highest BCUT2D eigenvalue weighted by Gasteiger charge is 2.18. The van der Waals surface area contributed by atoms with Crippen LogP contribution in [0.3, 0.4) is 0 Å². The summed E-state index contributed by atoms with van der Waals surface area (Å²) in [5.74, 6) is 0.756. The smallest absolute Gasteiger partial charge is 0.336 e. The van der Waals surface area contributed by atoms with Gasteiger partial charge in [-0.25, -0.2) is 9.36 Å². The fourth-order valence-corrected chi connectivity index (χ4v) is 4.33. The van der Waals surface area contributed by atoms with E-state index in [4.69, 9.17) is 4.52 Å². The van der Waals surface area contributed by atoms with E-state index in [2.05, 4.69) is 17.1 Å². The van der Waals surface area contributed by atoms with Gasteiger partial charge >= 0.3 is 5.69 Å². The Kier molecular flexibility index (Phi) is 4.83. The van der Waals surface area contributed by atoms with E-state index >= 15 is 0 Å². The Labute approximate surface area is 180 Å². The van der Waals surface area contributed by atoms with Crippen LogP contribution in [-0.4, -0.2) is 19.3 Å². The Bertz CT molecular complexity index is 1480. The van der Waals surface area contributed by atoms with Crippen LogP contribution in [-0.2, 0) is 13.0 Å². The highest BCUT2D eigenvalue weighted by atomic mass is 32.1. The minimum Gasteiger partial charge on any atom is -0.337 e. The predicted molar refractivity (Wildman–Crippen MR) is 120 cm³/mol. The van der Waals surface area contributed by atoms with E-state index < -0.39 is 5.69 Å². The molecule has 154 valence electrons. The molecular formula is C23H18N4O3S. The maximum atomic E-state index is 13.3. The number of aromatic nitrogens is 4. The van der Waals surface area contributed by atoms with E-state index in [1.807, 2.05) is 30.3 Å². The fourth-order valence-electron chi connectivity index (χ4n) is 3.51. The first-order valence-corrected chi connectivity index (χ1v) is 10.7. The van der Waals surface area contributed by atoms with Crippen LogP contribution in [0, 0.1) is 0 Å². The number of para-hydroxylation sites is 1. The lowest BCUT2D eigenvalue weighted by Gasteiger charge is -2.10. The third-order valence-corrected chi connectivity index (χ3v) is 6.04. The molecule has 0 N–H and O–H groups in total. The van der Waals surface area contributed by atoms with Crippen molar-refractivity contribution in [3.63, 3.8) is 0 Å². The molecule has 0 bridgehead atoms. The van der Waals surface area contributed by atoms with Crippen molar-refractivity contribution < 1.29 is 4.52 Å². The second kappa shape index (κ2) is 7.81. The van der Waals surface area contributed by atoms with Crippen molar-refractivity contribution in [3.8, 4) is 17.1 Å². The molecule has 2 aromatic carbocycles. The van der Waals surface area contributed by atoms with Gasteiger partial charge in [-0.05, 0) is 35.6 Å². The first kappa shape index (κ1) is 19.2. The van der Waals surface area contributed by atoms with Gasteiger partial charge in [0.25, 0.3) is 5.56 Å². The van der Waals surface area contributed by atoms with Crippen LogP contribution in [0.5, 0.6) is 0 Å². The van der Waals surface area contributed by atoms with Crippen molar-refractivity contribution >= 4 is 21.6 Å². The summed E-state index contributed by atoms with van der Waals surface area (Å²) in [5.41, 5.74) is 2.35. The highest BCUT2D eigenvalue weighted by molar-refractivity contribution is 7.17. The van der Waals surface area contributed by atoms with Crippen LogP contribution < -0.4 is 11.2 Å². The van der Waals surface area contributed by atoms with E-state index in [1.54, 1.807) is 35.7 Å². The molecule has 0 aliphatic carbocycles. The molecule has 31 heavy (non-hydrogen) atoms. The van der Waals surface area contributed by atoms with Crippen molar-refractivity contribution in [1.82, 2.24) is 19.3 Å². The Balaban J connectivity index is 1.59. The molecule has 0 amide bonds. The summed E-state index contributed by atoms with van der Waals surface area (Å²) in [7, 11) is 0. The van der Waals surface area contributed by atoms with Crippen molar-refractivity contribution in [2.24, 2.45) is 0 Å². The third-order valence-electron chi connectivity index (χ3n) is 5.15. The molecule has 5 rings (SSSR count). The standard InChI is InChI=1S/C23H18N4O3S/c1-2-15-8-10-16(11-9-15)21-24-19(30-25-21)14-26-18-12-13-31-20(18)22(28)27(23(26)29)17-6-4-3-5-7-17/h3-13H,2,14H2,1H3. The first-order chi connectivity index (χ1) is 15.2. The molecule has 0 saturated carbocycles. The van der Waals surface area contributed by atoms with Gasteiger partial charge in [0.15, 0.2) is 0 Å². The third kappa shape index (κ3) is 3.40. The normalized spacial score (nSPS) is 11.3. The van der Waals surface area contributed by atoms with Crippen LogP contribution in [0.1, 0.15) is 18.4 Å². The number of aryl methyl sites for hydroxylation is 1. The minimum atomic E-state index is -0.450. The average molecular weight is 430 g/mol. The molecular weight excluding hydrogens is 412 g/mol.